The van der Waals surface area contributed by atoms with Crippen molar-refractivity contribution in [1.82, 2.24) is 5.32 Å². The molecule has 14 heavy (non-hydrogen) atoms. The average Bonchev–Trinajstić information content (AvgIpc) is 2.16. The standard InChI is InChI=1S/C13H23N/c1-2-5-12(6-3-1)9-10-14-11-13-7-4-8-13/h5,13-14H,1-4,6-11H2. The Hall–Kier alpha value is -0.300. The van der Waals surface area contributed by atoms with Crippen LogP contribution in [0, 0.1) is 5.92 Å². The van der Waals surface area contributed by atoms with E-state index in [2.05, 4.69) is 11.4 Å². The van der Waals surface area contributed by atoms with Crippen LogP contribution in [0.1, 0.15) is 51.4 Å². The van der Waals surface area contributed by atoms with Crippen LogP contribution in [0.5, 0.6) is 0 Å². The highest BCUT2D eigenvalue weighted by atomic mass is 14.9. The third kappa shape index (κ3) is 3.13. The lowest BCUT2D eigenvalue weighted by atomic mass is 9.85. The van der Waals surface area contributed by atoms with E-state index < -0.39 is 0 Å². The van der Waals surface area contributed by atoms with Gasteiger partial charge in [-0.3, -0.25) is 0 Å². The molecule has 0 aliphatic heterocycles. The van der Waals surface area contributed by atoms with Crippen molar-refractivity contribution in [1.29, 1.82) is 0 Å². The Balaban J connectivity index is 1.51. The van der Waals surface area contributed by atoms with E-state index >= 15 is 0 Å². The predicted molar refractivity (Wildman–Crippen MR) is 61.4 cm³/mol. The van der Waals surface area contributed by atoms with E-state index in [0.29, 0.717) is 0 Å². The maximum Gasteiger partial charge on any atom is -0.00115 e. The van der Waals surface area contributed by atoms with E-state index in [4.69, 9.17) is 0 Å². The second-order valence-corrected chi connectivity index (χ2v) is 4.86. The van der Waals surface area contributed by atoms with E-state index in [1.807, 2.05) is 0 Å². The molecule has 0 unspecified atom stereocenters. The minimum absolute atomic E-state index is 1.01. The van der Waals surface area contributed by atoms with E-state index in [-0.39, 0.29) is 0 Å². The van der Waals surface area contributed by atoms with Gasteiger partial charge in [-0.1, -0.05) is 18.1 Å². The van der Waals surface area contributed by atoms with Gasteiger partial charge in [0.1, 0.15) is 0 Å². The van der Waals surface area contributed by atoms with Crippen molar-refractivity contribution in [3.63, 3.8) is 0 Å². The molecule has 0 aromatic rings. The lowest BCUT2D eigenvalue weighted by Gasteiger charge is -2.25. The highest BCUT2D eigenvalue weighted by molar-refractivity contribution is 5.05. The van der Waals surface area contributed by atoms with E-state index in [1.165, 1.54) is 64.5 Å². The van der Waals surface area contributed by atoms with Crippen LogP contribution in [-0.2, 0) is 0 Å². The molecule has 0 radical (unpaired) electrons. The lowest BCUT2D eigenvalue weighted by Crippen LogP contribution is -2.28. The summed E-state index contributed by atoms with van der Waals surface area (Å²) < 4.78 is 0. The summed E-state index contributed by atoms with van der Waals surface area (Å²) >= 11 is 0. The molecule has 1 fully saturated rings. The number of rotatable bonds is 5. The lowest BCUT2D eigenvalue weighted by molar-refractivity contribution is 0.302. The monoisotopic (exact) mass is 193 g/mol. The third-order valence-electron chi connectivity index (χ3n) is 3.67. The molecule has 2 aliphatic carbocycles. The summed E-state index contributed by atoms with van der Waals surface area (Å²) in [5.41, 5.74) is 1.71. The second kappa shape index (κ2) is 5.55. The summed E-state index contributed by atoms with van der Waals surface area (Å²) in [6.45, 7) is 2.48. The van der Waals surface area contributed by atoms with Gasteiger partial charge >= 0.3 is 0 Å². The van der Waals surface area contributed by atoms with Crippen molar-refractivity contribution in [3.05, 3.63) is 11.6 Å². The molecule has 0 aromatic heterocycles. The van der Waals surface area contributed by atoms with E-state index in [1.54, 1.807) is 5.57 Å². The van der Waals surface area contributed by atoms with Gasteiger partial charge < -0.3 is 5.32 Å². The Morgan fingerprint density at radius 1 is 1.21 bits per heavy atom. The molecular weight excluding hydrogens is 170 g/mol. The van der Waals surface area contributed by atoms with Gasteiger partial charge in [0.15, 0.2) is 0 Å². The Morgan fingerprint density at radius 3 is 2.79 bits per heavy atom. The molecular formula is C13H23N. The highest BCUT2D eigenvalue weighted by Crippen LogP contribution is 2.25. The summed E-state index contributed by atoms with van der Waals surface area (Å²) in [7, 11) is 0. The summed E-state index contributed by atoms with van der Waals surface area (Å²) in [6, 6.07) is 0. The zero-order valence-electron chi connectivity index (χ0n) is 9.23. The van der Waals surface area contributed by atoms with Crippen LogP contribution in [0.15, 0.2) is 11.6 Å². The van der Waals surface area contributed by atoms with Crippen molar-refractivity contribution in [3.8, 4) is 0 Å². The van der Waals surface area contributed by atoms with Gasteiger partial charge in [-0.15, -0.1) is 0 Å². The first-order valence-electron chi connectivity index (χ1n) is 6.34. The SMILES string of the molecule is C1=C(CCNCC2CCC2)CCCC1. The number of nitrogens with one attached hydrogen (secondary N) is 1. The summed E-state index contributed by atoms with van der Waals surface area (Å²) in [5, 5.41) is 3.59. The molecule has 1 nitrogen and oxygen atoms in total. The van der Waals surface area contributed by atoms with Crippen LogP contribution in [0.25, 0.3) is 0 Å². The smallest absolute Gasteiger partial charge is 0.00115 e. The van der Waals surface area contributed by atoms with Gasteiger partial charge in [-0.25, -0.2) is 0 Å². The van der Waals surface area contributed by atoms with Crippen LogP contribution in [-0.4, -0.2) is 13.1 Å². The van der Waals surface area contributed by atoms with Crippen LogP contribution < -0.4 is 5.32 Å². The van der Waals surface area contributed by atoms with Crippen molar-refractivity contribution in [2.45, 2.75) is 51.4 Å². The van der Waals surface area contributed by atoms with Crippen LogP contribution >= 0.6 is 0 Å². The van der Waals surface area contributed by atoms with Crippen molar-refractivity contribution in [2.75, 3.05) is 13.1 Å². The zero-order chi connectivity index (χ0) is 9.64. The zero-order valence-corrected chi connectivity index (χ0v) is 9.23. The Morgan fingerprint density at radius 2 is 2.14 bits per heavy atom. The first-order valence-corrected chi connectivity index (χ1v) is 6.34. The van der Waals surface area contributed by atoms with Crippen molar-refractivity contribution >= 4 is 0 Å². The second-order valence-electron chi connectivity index (χ2n) is 4.86. The molecule has 1 N–H and O–H groups in total. The number of hydrogen-bond acceptors (Lipinski definition) is 1. The fourth-order valence-electron chi connectivity index (χ4n) is 2.38. The average molecular weight is 193 g/mol. The molecule has 0 aromatic carbocycles. The maximum atomic E-state index is 3.59. The van der Waals surface area contributed by atoms with Gasteiger partial charge in [0.25, 0.3) is 0 Å². The summed E-state index contributed by atoms with van der Waals surface area (Å²) in [6.07, 6.45) is 13.7. The van der Waals surface area contributed by atoms with Gasteiger partial charge in [0.05, 0.1) is 0 Å². The fourth-order valence-corrected chi connectivity index (χ4v) is 2.38. The first kappa shape index (κ1) is 10.2. The van der Waals surface area contributed by atoms with E-state index in [0.717, 1.165) is 5.92 Å². The quantitative estimate of drug-likeness (QED) is 0.522. The maximum absolute atomic E-state index is 3.59. The Kier molecular flexibility index (Phi) is 4.05. The van der Waals surface area contributed by atoms with Gasteiger partial charge in [-0.2, -0.15) is 0 Å². The minimum Gasteiger partial charge on any atom is -0.316 e. The molecule has 0 spiro atoms. The van der Waals surface area contributed by atoms with Crippen LogP contribution in [0.4, 0.5) is 0 Å². The summed E-state index contributed by atoms with van der Waals surface area (Å²) in [5.74, 6) is 1.01. The Bertz CT molecular complexity index is 191. The molecule has 2 rings (SSSR count). The molecule has 0 atom stereocenters. The molecule has 2 aliphatic rings. The third-order valence-corrected chi connectivity index (χ3v) is 3.67. The summed E-state index contributed by atoms with van der Waals surface area (Å²) in [4.78, 5) is 0. The van der Waals surface area contributed by atoms with Gasteiger partial charge in [-0.05, 0) is 64.0 Å². The van der Waals surface area contributed by atoms with Crippen LogP contribution in [0.3, 0.4) is 0 Å². The Labute approximate surface area is 88.0 Å². The largest absolute Gasteiger partial charge is 0.316 e. The normalized spacial score (nSPS) is 23.0. The molecule has 0 heterocycles. The predicted octanol–water partition coefficient (Wildman–Crippen LogP) is 3.27. The number of allylic oxidation sites excluding steroid dienone is 1. The molecule has 80 valence electrons. The van der Waals surface area contributed by atoms with E-state index in [9.17, 15) is 0 Å². The number of hydrogen-bond donors (Lipinski definition) is 1. The minimum atomic E-state index is 1.01. The first-order chi connectivity index (χ1) is 6.95. The highest BCUT2D eigenvalue weighted by Gasteiger charge is 2.16. The molecule has 0 bridgehead atoms. The van der Waals surface area contributed by atoms with Crippen LogP contribution in [0.2, 0.25) is 0 Å². The fraction of sp³-hybridized carbons (Fsp3) is 0.846. The van der Waals surface area contributed by atoms with Crippen molar-refractivity contribution < 1.29 is 0 Å². The molecule has 0 saturated heterocycles. The van der Waals surface area contributed by atoms with Crippen molar-refractivity contribution in [2.24, 2.45) is 5.92 Å². The molecule has 0 amide bonds. The molecule has 1 heteroatoms. The molecule has 1 saturated carbocycles. The topological polar surface area (TPSA) is 12.0 Å². The van der Waals surface area contributed by atoms with Gasteiger partial charge in [0, 0.05) is 0 Å². The van der Waals surface area contributed by atoms with Gasteiger partial charge in [0.2, 0.25) is 0 Å².